The molecule has 28 heavy (non-hydrogen) atoms. The molecule has 0 aliphatic carbocycles. The predicted molar refractivity (Wildman–Crippen MR) is 103 cm³/mol. The van der Waals surface area contributed by atoms with Crippen LogP contribution in [0.15, 0.2) is 42.5 Å². The second kappa shape index (κ2) is 9.06. The molecule has 148 valence electrons. The zero-order valence-corrected chi connectivity index (χ0v) is 16.2. The molecule has 2 aromatic rings. The van der Waals surface area contributed by atoms with Crippen molar-refractivity contribution in [2.24, 2.45) is 5.92 Å². The summed E-state index contributed by atoms with van der Waals surface area (Å²) in [6.45, 7) is 2.33. The Morgan fingerprint density at radius 3 is 2.86 bits per heavy atom. The smallest absolute Gasteiger partial charge is 0.313 e. The SMILES string of the molecule is CCN(Cc1cccc(F)c1)C(=O)COC(=O)[C@@H]1COc2ccc(Cl)cc2C1. The number of amides is 1. The number of esters is 1. The van der Waals surface area contributed by atoms with E-state index in [0.717, 1.165) is 5.56 Å². The monoisotopic (exact) mass is 405 g/mol. The summed E-state index contributed by atoms with van der Waals surface area (Å²) in [6.07, 6.45) is 0.448. The van der Waals surface area contributed by atoms with E-state index in [-0.39, 0.29) is 31.5 Å². The predicted octanol–water partition coefficient (Wildman–Crippen LogP) is 3.62. The summed E-state index contributed by atoms with van der Waals surface area (Å²) in [5, 5.41) is 0.572. The van der Waals surface area contributed by atoms with Crippen molar-refractivity contribution in [1.29, 1.82) is 0 Å². The molecule has 1 amide bonds. The molecule has 0 bridgehead atoms. The first-order valence-corrected chi connectivity index (χ1v) is 9.44. The van der Waals surface area contributed by atoms with E-state index in [2.05, 4.69) is 0 Å². The van der Waals surface area contributed by atoms with Crippen molar-refractivity contribution >= 4 is 23.5 Å². The Hall–Kier alpha value is -2.60. The first-order valence-electron chi connectivity index (χ1n) is 9.06. The van der Waals surface area contributed by atoms with Crippen molar-refractivity contribution in [3.63, 3.8) is 0 Å². The number of likely N-dealkylation sites (N-methyl/N-ethyl adjacent to an activating group) is 1. The van der Waals surface area contributed by atoms with Gasteiger partial charge < -0.3 is 14.4 Å². The number of ether oxygens (including phenoxy) is 2. The van der Waals surface area contributed by atoms with E-state index < -0.39 is 11.9 Å². The Labute approximate surface area is 168 Å². The topological polar surface area (TPSA) is 55.8 Å². The minimum absolute atomic E-state index is 0.197. The van der Waals surface area contributed by atoms with Gasteiger partial charge in [-0.15, -0.1) is 0 Å². The van der Waals surface area contributed by atoms with Crippen molar-refractivity contribution in [2.45, 2.75) is 19.9 Å². The average Bonchev–Trinajstić information content (AvgIpc) is 2.69. The fourth-order valence-electron chi connectivity index (χ4n) is 3.09. The number of benzene rings is 2. The van der Waals surface area contributed by atoms with E-state index in [9.17, 15) is 14.0 Å². The molecule has 0 saturated heterocycles. The molecule has 0 unspecified atom stereocenters. The van der Waals surface area contributed by atoms with Gasteiger partial charge in [-0.25, -0.2) is 4.39 Å². The third-order valence-corrected chi connectivity index (χ3v) is 4.83. The zero-order chi connectivity index (χ0) is 20.1. The number of fused-ring (bicyclic) bond motifs is 1. The van der Waals surface area contributed by atoms with Gasteiger partial charge in [0.1, 0.15) is 18.2 Å². The van der Waals surface area contributed by atoms with Gasteiger partial charge in [0.05, 0.1) is 5.92 Å². The summed E-state index contributed by atoms with van der Waals surface area (Å²) in [4.78, 5) is 26.3. The van der Waals surface area contributed by atoms with E-state index in [4.69, 9.17) is 21.1 Å². The van der Waals surface area contributed by atoms with Crippen LogP contribution in [0.4, 0.5) is 4.39 Å². The second-order valence-corrected chi connectivity index (χ2v) is 7.05. The Kier molecular flexibility index (Phi) is 6.52. The summed E-state index contributed by atoms with van der Waals surface area (Å²) < 4.78 is 24.1. The van der Waals surface area contributed by atoms with E-state index in [1.807, 2.05) is 6.92 Å². The normalized spacial score (nSPS) is 15.3. The van der Waals surface area contributed by atoms with Crippen LogP contribution in [0.1, 0.15) is 18.1 Å². The van der Waals surface area contributed by atoms with Gasteiger partial charge in [0.25, 0.3) is 5.91 Å². The maximum atomic E-state index is 13.3. The number of carbonyl (C=O) groups excluding carboxylic acids is 2. The lowest BCUT2D eigenvalue weighted by molar-refractivity contribution is -0.156. The first kappa shape index (κ1) is 20.1. The van der Waals surface area contributed by atoms with Crippen LogP contribution in [0.3, 0.4) is 0 Å². The van der Waals surface area contributed by atoms with Gasteiger partial charge in [-0.05, 0) is 54.8 Å². The maximum absolute atomic E-state index is 13.3. The molecule has 7 heteroatoms. The van der Waals surface area contributed by atoms with Crippen LogP contribution in [0.5, 0.6) is 5.75 Å². The fourth-order valence-corrected chi connectivity index (χ4v) is 3.28. The van der Waals surface area contributed by atoms with Crippen molar-refractivity contribution < 1.29 is 23.5 Å². The van der Waals surface area contributed by atoms with Crippen molar-refractivity contribution in [2.75, 3.05) is 19.8 Å². The fraction of sp³-hybridized carbons (Fsp3) is 0.333. The number of rotatable bonds is 6. The third kappa shape index (κ3) is 5.01. The van der Waals surface area contributed by atoms with Gasteiger partial charge in [0.2, 0.25) is 0 Å². The molecule has 2 aromatic carbocycles. The number of carbonyl (C=O) groups is 2. The summed E-state index contributed by atoms with van der Waals surface area (Å²) in [7, 11) is 0. The van der Waals surface area contributed by atoms with E-state index >= 15 is 0 Å². The van der Waals surface area contributed by atoms with Gasteiger partial charge in [-0.1, -0.05) is 23.7 Å². The highest BCUT2D eigenvalue weighted by Crippen LogP contribution is 2.30. The second-order valence-electron chi connectivity index (χ2n) is 6.61. The lowest BCUT2D eigenvalue weighted by Gasteiger charge is -2.25. The quantitative estimate of drug-likeness (QED) is 0.689. The molecule has 1 aliphatic heterocycles. The number of hydrogen-bond acceptors (Lipinski definition) is 4. The summed E-state index contributed by atoms with van der Waals surface area (Å²) in [5.41, 5.74) is 1.52. The van der Waals surface area contributed by atoms with Gasteiger partial charge in [0.15, 0.2) is 6.61 Å². The minimum atomic E-state index is -0.489. The van der Waals surface area contributed by atoms with Gasteiger partial charge in [-0.2, -0.15) is 0 Å². The highest BCUT2D eigenvalue weighted by atomic mass is 35.5. The van der Waals surface area contributed by atoms with Crippen LogP contribution in [-0.4, -0.2) is 36.5 Å². The summed E-state index contributed by atoms with van der Waals surface area (Å²) in [5.74, 6) is -0.958. The van der Waals surface area contributed by atoms with E-state index in [1.54, 1.807) is 30.3 Å². The molecule has 5 nitrogen and oxygen atoms in total. The molecule has 1 atom stereocenters. The molecular weight excluding hydrogens is 385 g/mol. The maximum Gasteiger partial charge on any atom is 0.313 e. The Morgan fingerprint density at radius 2 is 2.11 bits per heavy atom. The molecule has 1 aliphatic rings. The molecular formula is C21H21ClFNO4. The summed E-state index contributed by atoms with van der Waals surface area (Å²) in [6, 6.07) is 11.3. The van der Waals surface area contributed by atoms with Crippen molar-refractivity contribution in [3.8, 4) is 5.75 Å². The lowest BCUT2D eigenvalue weighted by Crippen LogP contribution is -2.36. The molecule has 0 aromatic heterocycles. The standard InChI is InChI=1S/C21H21ClFNO4/c1-2-24(11-14-4-3-5-18(23)8-14)20(25)13-28-21(26)16-9-15-10-17(22)6-7-19(15)27-12-16/h3-8,10,16H,2,9,11-13H2,1H3/t16-/m0/s1. The third-order valence-electron chi connectivity index (χ3n) is 4.60. The van der Waals surface area contributed by atoms with E-state index in [1.165, 1.54) is 17.0 Å². The highest BCUT2D eigenvalue weighted by Gasteiger charge is 2.28. The highest BCUT2D eigenvalue weighted by molar-refractivity contribution is 6.30. The molecule has 0 fully saturated rings. The molecule has 0 N–H and O–H groups in total. The van der Waals surface area contributed by atoms with E-state index in [0.29, 0.717) is 29.3 Å². The van der Waals surface area contributed by atoms with Crippen LogP contribution in [-0.2, 0) is 27.3 Å². The van der Waals surface area contributed by atoms with Crippen LogP contribution in [0.25, 0.3) is 0 Å². The van der Waals surface area contributed by atoms with Crippen LogP contribution in [0, 0.1) is 11.7 Å². The zero-order valence-electron chi connectivity index (χ0n) is 15.5. The Morgan fingerprint density at radius 1 is 1.29 bits per heavy atom. The van der Waals surface area contributed by atoms with Gasteiger partial charge >= 0.3 is 5.97 Å². The van der Waals surface area contributed by atoms with Crippen LogP contribution < -0.4 is 4.74 Å². The Bertz CT molecular complexity index is 859. The van der Waals surface area contributed by atoms with Gasteiger partial charge in [-0.3, -0.25) is 9.59 Å². The first-order chi connectivity index (χ1) is 13.5. The number of halogens is 2. The Balaban J connectivity index is 1.54. The molecule has 3 rings (SSSR count). The lowest BCUT2D eigenvalue weighted by atomic mass is 9.97. The minimum Gasteiger partial charge on any atom is -0.492 e. The molecule has 0 spiro atoms. The largest absolute Gasteiger partial charge is 0.492 e. The molecule has 0 saturated carbocycles. The molecule has 1 heterocycles. The van der Waals surface area contributed by atoms with Crippen LogP contribution >= 0.6 is 11.6 Å². The summed E-state index contributed by atoms with van der Waals surface area (Å²) >= 11 is 5.99. The van der Waals surface area contributed by atoms with Crippen molar-refractivity contribution in [1.82, 2.24) is 4.90 Å². The molecule has 0 radical (unpaired) electrons. The van der Waals surface area contributed by atoms with Crippen LogP contribution in [0.2, 0.25) is 5.02 Å². The average molecular weight is 406 g/mol. The van der Waals surface area contributed by atoms with Gasteiger partial charge in [0, 0.05) is 18.1 Å². The number of hydrogen-bond donors (Lipinski definition) is 0. The van der Waals surface area contributed by atoms with Crippen molar-refractivity contribution in [3.05, 3.63) is 64.4 Å². The number of nitrogens with zero attached hydrogens (tertiary/aromatic N) is 1.